The van der Waals surface area contributed by atoms with Crippen molar-refractivity contribution in [1.82, 2.24) is 4.31 Å². The van der Waals surface area contributed by atoms with E-state index in [0.717, 1.165) is 9.87 Å². The molecule has 1 heterocycles. The molecule has 0 bridgehead atoms. The van der Waals surface area contributed by atoms with Gasteiger partial charge in [-0.15, -0.1) is 0 Å². The van der Waals surface area contributed by atoms with Crippen molar-refractivity contribution in [1.29, 1.82) is 0 Å². The van der Waals surface area contributed by atoms with Crippen LogP contribution in [-0.2, 0) is 14.8 Å². The van der Waals surface area contributed by atoms with Gasteiger partial charge in [0.25, 0.3) is 10.0 Å². The first-order chi connectivity index (χ1) is 8.34. The molecule has 0 N–H and O–H groups in total. The molecule has 1 aliphatic heterocycles. The molecule has 4 nitrogen and oxygen atoms in total. The number of rotatable bonds is 2. The van der Waals surface area contributed by atoms with Gasteiger partial charge in [0.15, 0.2) is 0 Å². The molecule has 1 amide bonds. The minimum absolute atomic E-state index is 0.183. The fourth-order valence-corrected chi connectivity index (χ4v) is 4.01. The second-order valence-corrected chi connectivity index (χ2v) is 6.75. The van der Waals surface area contributed by atoms with Crippen LogP contribution >= 0.6 is 0 Å². The van der Waals surface area contributed by atoms with E-state index in [2.05, 4.69) is 0 Å². The van der Waals surface area contributed by atoms with Crippen LogP contribution in [0.4, 0.5) is 0 Å². The van der Waals surface area contributed by atoms with Crippen LogP contribution in [0.3, 0.4) is 0 Å². The van der Waals surface area contributed by atoms with Crippen LogP contribution in [0.15, 0.2) is 29.2 Å². The molecule has 2 rings (SSSR count). The minimum Gasteiger partial charge on any atom is -0.273 e. The number of hydrogen-bond acceptors (Lipinski definition) is 3. The van der Waals surface area contributed by atoms with Crippen molar-refractivity contribution in [3.63, 3.8) is 0 Å². The van der Waals surface area contributed by atoms with Gasteiger partial charge in [-0.25, -0.2) is 12.7 Å². The summed E-state index contributed by atoms with van der Waals surface area (Å²) in [5.74, 6) is -0.525. The number of nitrogens with zero attached hydrogens (tertiary/aromatic N) is 1. The van der Waals surface area contributed by atoms with Crippen molar-refractivity contribution in [2.45, 2.75) is 38.1 Å². The number of benzene rings is 1. The second-order valence-electron chi connectivity index (χ2n) is 4.94. The first kappa shape index (κ1) is 13.1. The lowest BCUT2D eigenvalue weighted by Gasteiger charge is -2.21. The second kappa shape index (κ2) is 4.39. The Labute approximate surface area is 108 Å². The third-order valence-corrected chi connectivity index (χ3v) is 5.24. The Bertz CT molecular complexity index is 562. The topological polar surface area (TPSA) is 54.5 Å². The highest BCUT2D eigenvalue weighted by Gasteiger charge is 2.42. The van der Waals surface area contributed by atoms with Crippen molar-refractivity contribution in [2.24, 2.45) is 5.92 Å². The summed E-state index contributed by atoms with van der Waals surface area (Å²) >= 11 is 0. The van der Waals surface area contributed by atoms with Crippen LogP contribution < -0.4 is 0 Å². The fraction of sp³-hybridized carbons (Fsp3) is 0.462. The smallest absolute Gasteiger partial charge is 0.266 e. The molecule has 0 radical (unpaired) electrons. The normalized spacial score (nSPS) is 24.6. The molecule has 0 aliphatic carbocycles. The van der Waals surface area contributed by atoms with E-state index in [9.17, 15) is 13.2 Å². The zero-order valence-corrected chi connectivity index (χ0v) is 11.6. The van der Waals surface area contributed by atoms with E-state index in [1.807, 2.05) is 6.92 Å². The summed E-state index contributed by atoms with van der Waals surface area (Å²) in [5.41, 5.74) is 0.989. The number of carbonyl (C=O) groups is 1. The van der Waals surface area contributed by atoms with E-state index < -0.39 is 10.0 Å². The molecule has 1 aromatic carbocycles. The molecule has 18 heavy (non-hydrogen) atoms. The molecule has 1 aromatic rings. The summed E-state index contributed by atoms with van der Waals surface area (Å²) in [6.07, 6.45) is 0.587. The highest BCUT2D eigenvalue weighted by atomic mass is 32.2. The predicted molar refractivity (Wildman–Crippen MR) is 68.5 cm³/mol. The van der Waals surface area contributed by atoms with Gasteiger partial charge in [0.1, 0.15) is 0 Å². The van der Waals surface area contributed by atoms with Gasteiger partial charge in [-0.3, -0.25) is 4.79 Å². The van der Waals surface area contributed by atoms with E-state index in [0.29, 0.717) is 6.42 Å². The third-order valence-electron chi connectivity index (χ3n) is 3.31. The lowest BCUT2D eigenvalue weighted by Crippen LogP contribution is -2.37. The number of sulfonamides is 1. The van der Waals surface area contributed by atoms with Crippen LogP contribution in [0.25, 0.3) is 0 Å². The number of hydrogen-bond donors (Lipinski definition) is 0. The van der Waals surface area contributed by atoms with Gasteiger partial charge in [-0.05, 0) is 32.4 Å². The molecule has 2 atom stereocenters. The summed E-state index contributed by atoms with van der Waals surface area (Å²) in [4.78, 5) is 12.1. The van der Waals surface area contributed by atoms with Gasteiger partial charge in [0.2, 0.25) is 5.91 Å². The van der Waals surface area contributed by atoms with E-state index >= 15 is 0 Å². The molecule has 1 saturated heterocycles. The molecular weight excluding hydrogens is 250 g/mol. The Kier molecular flexibility index (Phi) is 3.19. The maximum absolute atomic E-state index is 12.4. The monoisotopic (exact) mass is 267 g/mol. The maximum Gasteiger partial charge on any atom is 0.266 e. The highest BCUT2D eigenvalue weighted by molar-refractivity contribution is 7.89. The summed E-state index contributed by atoms with van der Waals surface area (Å²) in [5, 5.41) is 0. The number of aryl methyl sites for hydroxylation is 1. The molecule has 0 saturated carbocycles. The first-order valence-electron chi connectivity index (χ1n) is 5.99. The Hall–Kier alpha value is -1.36. The van der Waals surface area contributed by atoms with Crippen LogP contribution in [0.2, 0.25) is 0 Å². The van der Waals surface area contributed by atoms with Crippen molar-refractivity contribution in [2.75, 3.05) is 0 Å². The SMILES string of the molecule is Cc1ccc(S(=O)(=O)N2C(=O)[C@@H](C)C[C@H]2C)cc1. The average Bonchev–Trinajstić information content (AvgIpc) is 2.54. The molecule has 5 heteroatoms. The Balaban J connectivity index is 2.43. The van der Waals surface area contributed by atoms with Crippen molar-refractivity contribution >= 4 is 15.9 Å². The molecular formula is C13H17NO3S. The van der Waals surface area contributed by atoms with Crippen molar-refractivity contribution < 1.29 is 13.2 Å². The summed E-state index contributed by atoms with van der Waals surface area (Å²) in [6.45, 7) is 5.43. The van der Waals surface area contributed by atoms with Gasteiger partial charge in [-0.1, -0.05) is 24.6 Å². The van der Waals surface area contributed by atoms with Crippen LogP contribution in [0.1, 0.15) is 25.8 Å². The van der Waals surface area contributed by atoms with Crippen LogP contribution in [0, 0.1) is 12.8 Å². The third kappa shape index (κ3) is 2.03. The molecule has 0 spiro atoms. The lowest BCUT2D eigenvalue weighted by molar-refractivity contribution is -0.127. The quantitative estimate of drug-likeness (QED) is 0.823. The van der Waals surface area contributed by atoms with Gasteiger partial charge in [-0.2, -0.15) is 0 Å². The molecule has 0 aromatic heterocycles. The largest absolute Gasteiger partial charge is 0.273 e. The van der Waals surface area contributed by atoms with Crippen LogP contribution in [-0.4, -0.2) is 24.7 Å². The van der Waals surface area contributed by atoms with Gasteiger partial charge < -0.3 is 0 Å². The zero-order chi connectivity index (χ0) is 13.5. The molecule has 1 aliphatic rings. The summed E-state index contributed by atoms with van der Waals surface area (Å²) < 4.78 is 25.9. The highest BCUT2D eigenvalue weighted by Crippen LogP contribution is 2.30. The number of carbonyl (C=O) groups excluding carboxylic acids is 1. The predicted octanol–water partition coefficient (Wildman–Crippen LogP) is 1.94. The standard InChI is InChI=1S/C13H17NO3S/c1-9-4-6-12(7-5-9)18(16,17)14-11(3)8-10(2)13(14)15/h4-7,10-11H,8H2,1-3H3/t10-,11+/m0/s1. The number of amides is 1. The summed E-state index contributed by atoms with van der Waals surface area (Å²) in [7, 11) is -3.70. The van der Waals surface area contributed by atoms with Gasteiger partial charge in [0.05, 0.1) is 4.90 Å². The Morgan fingerprint density at radius 2 is 1.72 bits per heavy atom. The average molecular weight is 267 g/mol. The molecule has 0 unspecified atom stereocenters. The van der Waals surface area contributed by atoms with E-state index in [4.69, 9.17) is 0 Å². The first-order valence-corrected chi connectivity index (χ1v) is 7.43. The summed E-state index contributed by atoms with van der Waals surface area (Å²) in [6, 6.07) is 6.31. The van der Waals surface area contributed by atoms with E-state index in [-0.39, 0.29) is 22.8 Å². The zero-order valence-electron chi connectivity index (χ0n) is 10.8. The molecule has 1 fully saturated rings. The van der Waals surface area contributed by atoms with Crippen molar-refractivity contribution in [3.8, 4) is 0 Å². The van der Waals surface area contributed by atoms with Gasteiger partial charge >= 0.3 is 0 Å². The molecule has 98 valence electrons. The maximum atomic E-state index is 12.4. The van der Waals surface area contributed by atoms with Gasteiger partial charge in [0, 0.05) is 12.0 Å². The minimum atomic E-state index is -3.70. The van der Waals surface area contributed by atoms with Crippen molar-refractivity contribution in [3.05, 3.63) is 29.8 Å². The lowest BCUT2D eigenvalue weighted by atomic mass is 10.1. The van der Waals surface area contributed by atoms with E-state index in [1.54, 1.807) is 38.1 Å². The fourth-order valence-electron chi connectivity index (χ4n) is 2.32. The Morgan fingerprint density at radius 3 is 2.17 bits per heavy atom. The van der Waals surface area contributed by atoms with E-state index in [1.165, 1.54) is 0 Å². The Morgan fingerprint density at radius 1 is 1.17 bits per heavy atom. The van der Waals surface area contributed by atoms with Crippen LogP contribution in [0.5, 0.6) is 0 Å².